The first-order valence-electron chi connectivity index (χ1n) is 6.66. The lowest BCUT2D eigenvalue weighted by atomic mass is 10.1. The van der Waals surface area contributed by atoms with Crippen LogP contribution >= 0.6 is 11.8 Å². The summed E-state index contributed by atoms with van der Waals surface area (Å²) < 4.78 is 7.20. The van der Waals surface area contributed by atoms with Crippen molar-refractivity contribution in [1.82, 2.24) is 19.7 Å². The third kappa shape index (κ3) is 2.46. The van der Waals surface area contributed by atoms with Crippen LogP contribution in [0.5, 0.6) is 0 Å². The fraction of sp³-hybridized carbons (Fsp3) is 0.583. The summed E-state index contributed by atoms with van der Waals surface area (Å²) in [5.74, 6) is 1.85. The Morgan fingerprint density at radius 3 is 2.95 bits per heavy atom. The van der Waals surface area contributed by atoms with E-state index in [9.17, 15) is 10.2 Å². The molecular formula is C12H17N5O3S. The fourth-order valence-corrected chi connectivity index (χ4v) is 3.11. The maximum Gasteiger partial charge on any atom is 0.181 e. The number of aliphatic hydroxyl groups is 2. The van der Waals surface area contributed by atoms with Crippen LogP contribution in [0.15, 0.2) is 12.5 Å². The molecular weight excluding hydrogens is 294 g/mol. The Bertz CT molecular complexity index is 636. The second-order valence-corrected chi connectivity index (χ2v) is 6.11. The van der Waals surface area contributed by atoms with Crippen LogP contribution in [-0.2, 0) is 4.74 Å². The van der Waals surface area contributed by atoms with Gasteiger partial charge in [0, 0.05) is 5.75 Å². The minimum Gasteiger partial charge on any atom is -0.387 e. The van der Waals surface area contributed by atoms with E-state index >= 15 is 0 Å². The van der Waals surface area contributed by atoms with Crippen LogP contribution in [-0.4, -0.2) is 59.8 Å². The zero-order valence-electron chi connectivity index (χ0n) is 11.5. The summed E-state index contributed by atoms with van der Waals surface area (Å²) in [6, 6.07) is 0. The highest BCUT2D eigenvalue weighted by molar-refractivity contribution is 7.99. The first-order chi connectivity index (χ1) is 10.1. The van der Waals surface area contributed by atoms with E-state index in [4.69, 9.17) is 10.5 Å². The van der Waals surface area contributed by atoms with Gasteiger partial charge in [-0.15, -0.1) is 0 Å². The smallest absolute Gasteiger partial charge is 0.181 e. The molecule has 1 fully saturated rings. The number of nitrogen functional groups attached to an aromatic ring is 1. The molecule has 0 saturated carbocycles. The third-order valence-corrected chi connectivity index (χ3v) is 4.46. The van der Waals surface area contributed by atoms with Gasteiger partial charge in [-0.2, -0.15) is 16.9 Å². The minimum absolute atomic E-state index is 0.317. The minimum atomic E-state index is -1.06. The Labute approximate surface area is 125 Å². The van der Waals surface area contributed by atoms with Crippen molar-refractivity contribution in [2.24, 2.45) is 0 Å². The van der Waals surface area contributed by atoms with Gasteiger partial charge in [0.15, 0.2) is 11.9 Å². The van der Waals surface area contributed by atoms with Gasteiger partial charge in [-0.3, -0.25) is 0 Å². The summed E-state index contributed by atoms with van der Waals surface area (Å²) in [7, 11) is 0. The summed E-state index contributed by atoms with van der Waals surface area (Å²) in [4.78, 5) is 8.02. The lowest BCUT2D eigenvalue weighted by Gasteiger charge is -2.15. The number of rotatable bonds is 4. The molecule has 2 aromatic rings. The zero-order chi connectivity index (χ0) is 15.0. The molecule has 21 heavy (non-hydrogen) atoms. The molecule has 2 aromatic heterocycles. The van der Waals surface area contributed by atoms with Gasteiger partial charge in [0.05, 0.1) is 17.7 Å². The molecule has 3 heterocycles. The van der Waals surface area contributed by atoms with Gasteiger partial charge in [0.25, 0.3) is 0 Å². The molecule has 0 unspecified atom stereocenters. The molecule has 4 atom stereocenters. The van der Waals surface area contributed by atoms with Crippen molar-refractivity contribution in [2.45, 2.75) is 31.5 Å². The fourth-order valence-electron chi connectivity index (χ4n) is 2.37. The summed E-state index contributed by atoms with van der Waals surface area (Å²) in [5.41, 5.74) is 6.24. The maximum absolute atomic E-state index is 10.2. The van der Waals surface area contributed by atoms with Gasteiger partial charge in [-0.25, -0.2) is 14.6 Å². The first-order valence-corrected chi connectivity index (χ1v) is 7.82. The molecule has 1 aliphatic heterocycles. The predicted molar refractivity (Wildman–Crippen MR) is 78.7 cm³/mol. The topological polar surface area (TPSA) is 119 Å². The van der Waals surface area contributed by atoms with E-state index in [1.54, 1.807) is 11.8 Å². The van der Waals surface area contributed by atoms with Crippen LogP contribution in [0, 0.1) is 0 Å². The van der Waals surface area contributed by atoms with Gasteiger partial charge in [-0.05, 0) is 5.75 Å². The first kappa shape index (κ1) is 14.5. The number of anilines is 1. The molecule has 9 heteroatoms. The second kappa shape index (κ2) is 5.76. The van der Waals surface area contributed by atoms with Crippen LogP contribution in [0.1, 0.15) is 13.2 Å². The van der Waals surface area contributed by atoms with Gasteiger partial charge >= 0.3 is 0 Å². The number of thioether (sulfide) groups is 1. The predicted octanol–water partition coefficient (Wildman–Crippen LogP) is -0.219. The van der Waals surface area contributed by atoms with Crippen LogP contribution in [0.4, 0.5) is 5.82 Å². The average molecular weight is 311 g/mol. The highest BCUT2D eigenvalue weighted by atomic mass is 32.2. The van der Waals surface area contributed by atoms with E-state index < -0.39 is 24.5 Å². The number of nitrogens with two attached hydrogens (primary N) is 1. The monoisotopic (exact) mass is 311 g/mol. The largest absolute Gasteiger partial charge is 0.387 e. The van der Waals surface area contributed by atoms with Crippen molar-refractivity contribution >= 4 is 28.6 Å². The molecule has 0 aromatic carbocycles. The van der Waals surface area contributed by atoms with Crippen molar-refractivity contribution < 1.29 is 14.9 Å². The normalized spacial score (nSPS) is 29.3. The Balaban J connectivity index is 1.90. The maximum atomic E-state index is 10.2. The quantitative estimate of drug-likeness (QED) is 0.709. The molecule has 0 bridgehead atoms. The van der Waals surface area contributed by atoms with E-state index in [0.29, 0.717) is 22.6 Å². The molecule has 4 N–H and O–H groups in total. The van der Waals surface area contributed by atoms with E-state index in [1.165, 1.54) is 17.2 Å². The van der Waals surface area contributed by atoms with Crippen molar-refractivity contribution in [3.05, 3.63) is 12.5 Å². The summed E-state index contributed by atoms with van der Waals surface area (Å²) in [5, 5.41) is 25.1. The third-order valence-electron chi connectivity index (χ3n) is 3.49. The van der Waals surface area contributed by atoms with Crippen LogP contribution in [0.3, 0.4) is 0 Å². The van der Waals surface area contributed by atoms with Gasteiger partial charge < -0.3 is 20.7 Å². The van der Waals surface area contributed by atoms with Gasteiger partial charge in [-0.1, -0.05) is 6.92 Å². The summed E-state index contributed by atoms with van der Waals surface area (Å²) in [6.45, 7) is 2.03. The highest BCUT2D eigenvalue weighted by Gasteiger charge is 2.44. The molecule has 0 aliphatic carbocycles. The lowest BCUT2D eigenvalue weighted by molar-refractivity contribution is -0.0361. The molecule has 1 aliphatic rings. The number of hydrogen-bond acceptors (Lipinski definition) is 8. The molecule has 0 spiro atoms. The average Bonchev–Trinajstić information content (AvgIpc) is 3.02. The Morgan fingerprint density at radius 2 is 2.19 bits per heavy atom. The lowest BCUT2D eigenvalue weighted by Crippen LogP contribution is -2.32. The van der Waals surface area contributed by atoms with Crippen molar-refractivity contribution in [3.63, 3.8) is 0 Å². The van der Waals surface area contributed by atoms with Crippen LogP contribution in [0.25, 0.3) is 11.0 Å². The van der Waals surface area contributed by atoms with Crippen molar-refractivity contribution in [1.29, 1.82) is 0 Å². The zero-order valence-corrected chi connectivity index (χ0v) is 12.3. The molecule has 8 nitrogen and oxygen atoms in total. The molecule has 114 valence electrons. The van der Waals surface area contributed by atoms with Crippen molar-refractivity contribution in [2.75, 3.05) is 17.2 Å². The standard InChI is InChI=1S/C12H17N5O3S/c1-2-21-4-7-8(18)9(19)12(20-7)17-11-6(3-16-17)10(13)14-5-15-11/h3,5,7-9,12,18-19H,2,4H2,1H3,(H2,13,14,15)/t7-,8-,9-,12-/m1/s1. The number of hydrogen-bond donors (Lipinski definition) is 3. The highest BCUT2D eigenvalue weighted by Crippen LogP contribution is 2.32. The number of nitrogens with zero attached hydrogens (tertiary/aromatic N) is 4. The summed E-state index contributed by atoms with van der Waals surface area (Å²) in [6.07, 6.45) is -0.374. The van der Waals surface area contributed by atoms with Gasteiger partial charge in [0.1, 0.15) is 24.4 Å². The molecule has 0 radical (unpaired) electrons. The van der Waals surface area contributed by atoms with Crippen molar-refractivity contribution in [3.8, 4) is 0 Å². The Hall–Kier alpha value is -1.42. The van der Waals surface area contributed by atoms with Crippen LogP contribution in [0.2, 0.25) is 0 Å². The SMILES string of the molecule is CCSC[C@H]1O[C@@H](n2ncc3c(N)ncnc32)[C@H](O)[C@@H]1O. The Kier molecular flexibility index (Phi) is 3.98. The number of fused-ring (bicyclic) bond motifs is 1. The molecule has 3 rings (SSSR count). The number of ether oxygens (including phenoxy) is 1. The van der Waals surface area contributed by atoms with Crippen LogP contribution < -0.4 is 5.73 Å². The molecule has 1 saturated heterocycles. The number of aromatic nitrogens is 4. The van der Waals surface area contributed by atoms with E-state index in [0.717, 1.165) is 5.75 Å². The van der Waals surface area contributed by atoms with E-state index in [-0.39, 0.29) is 0 Å². The van der Waals surface area contributed by atoms with E-state index in [1.807, 2.05) is 6.92 Å². The number of aliphatic hydroxyl groups excluding tert-OH is 2. The van der Waals surface area contributed by atoms with Gasteiger partial charge in [0.2, 0.25) is 0 Å². The molecule has 0 amide bonds. The summed E-state index contributed by atoms with van der Waals surface area (Å²) >= 11 is 1.65. The Morgan fingerprint density at radius 1 is 1.38 bits per heavy atom. The second-order valence-electron chi connectivity index (χ2n) is 4.79. The van der Waals surface area contributed by atoms with E-state index in [2.05, 4.69) is 15.1 Å².